The molecule has 0 aromatic heterocycles. The van der Waals surface area contributed by atoms with Crippen LogP contribution in [-0.2, 0) is 4.74 Å². The molecule has 1 saturated heterocycles. The van der Waals surface area contributed by atoms with Crippen LogP contribution in [0.15, 0.2) is 0 Å². The lowest BCUT2D eigenvalue weighted by Gasteiger charge is -2.19. The predicted molar refractivity (Wildman–Crippen MR) is 65.1 cm³/mol. The van der Waals surface area contributed by atoms with Crippen molar-refractivity contribution in [3.8, 4) is 0 Å². The maximum Gasteiger partial charge on any atom is 0.0509 e. The van der Waals surface area contributed by atoms with Crippen molar-refractivity contribution in [1.29, 1.82) is 0 Å². The third-order valence-corrected chi connectivity index (χ3v) is 3.42. The summed E-state index contributed by atoms with van der Waals surface area (Å²) in [5.41, 5.74) is 0. The van der Waals surface area contributed by atoms with Gasteiger partial charge in [-0.3, -0.25) is 0 Å². The van der Waals surface area contributed by atoms with E-state index in [4.69, 9.17) is 4.74 Å². The Bertz CT molecular complexity index is 143. The van der Waals surface area contributed by atoms with E-state index in [1.807, 2.05) is 0 Å². The molecule has 15 heavy (non-hydrogen) atoms. The molecule has 0 aromatic rings. The van der Waals surface area contributed by atoms with E-state index in [0.29, 0.717) is 6.04 Å². The van der Waals surface area contributed by atoms with Gasteiger partial charge in [-0.25, -0.2) is 0 Å². The molecule has 2 nitrogen and oxygen atoms in total. The SMILES string of the molecule is CCCCCCCNC(C)C1CCOC1. The molecule has 0 amide bonds. The molecule has 1 N–H and O–H groups in total. The van der Waals surface area contributed by atoms with Gasteiger partial charge in [0.25, 0.3) is 0 Å². The van der Waals surface area contributed by atoms with E-state index in [1.54, 1.807) is 0 Å². The molecule has 1 aliphatic heterocycles. The molecule has 1 rings (SSSR count). The van der Waals surface area contributed by atoms with E-state index in [9.17, 15) is 0 Å². The van der Waals surface area contributed by atoms with Crippen molar-refractivity contribution in [2.24, 2.45) is 5.92 Å². The van der Waals surface area contributed by atoms with Crippen LogP contribution in [0.5, 0.6) is 0 Å². The minimum atomic E-state index is 0.638. The lowest BCUT2D eigenvalue weighted by molar-refractivity contribution is 0.178. The first-order chi connectivity index (χ1) is 7.34. The molecule has 0 saturated carbocycles. The van der Waals surface area contributed by atoms with Gasteiger partial charge in [-0.05, 0) is 32.2 Å². The van der Waals surface area contributed by atoms with Crippen LogP contribution in [0.4, 0.5) is 0 Å². The predicted octanol–water partition coefficient (Wildman–Crippen LogP) is 2.97. The lowest BCUT2D eigenvalue weighted by atomic mass is 10.0. The fourth-order valence-electron chi connectivity index (χ4n) is 2.17. The maximum absolute atomic E-state index is 5.40. The summed E-state index contributed by atoms with van der Waals surface area (Å²) in [5, 5.41) is 3.62. The third kappa shape index (κ3) is 5.53. The Morgan fingerprint density at radius 3 is 2.73 bits per heavy atom. The van der Waals surface area contributed by atoms with Crippen molar-refractivity contribution in [3.05, 3.63) is 0 Å². The lowest BCUT2D eigenvalue weighted by Crippen LogP contribution is -2.34. The van der Waals surface area contributed by atoms with Crippen LogP contribution in [0.1, 0.15) is 52.4 Å². The summed E-state index contributed by atoms with van der Waals surface area (Å²) in [5.74, 6) is 0.751. The molecule has 0 spiro atoms. The number of nitrogens with one attached hydrogen (secondary N) is 1. The monoisotopic (exact) mass is 213 g/mol. The average molecular weight is 213 g/mol. The molecule has 1 fully saturated rings. The highest BCUT2D eigenvalue weighted by atomic mass is 16.5. The molecule has 90 valence electrons. The van der Waals surface area contributed by atoms with Crippen molar-refractivity contribution in [2.45, 2.75) is 58.4 Å². The molecule has 1 heterocycles. The summed E-state index contributed by atoms with van der Waals surface area (Å²) < 4.78 is 5.40. The van der Waals surface area contributed by atoms with Gasteiger partial charge in [0.05, 0.1) is 6.61 Å². The highest BCUT2D eigenvalue weighted by molar-refractivity contribution is 4.75. The number of ether oxygens (including phenoxy) is 1. The van der Waals surface area contributed by atoms with Crippen LogP contribution in [0, 0.1) is 5.92 Å². The number of rotatable bonds is 8. The van der Waals surface area contributed by atoms with Gasteiger partial charge in [-0.15, -0.1) is 0 Å². The Morgan fingerprint density at radius 2 is 2.07 bits per heavy atom. The van der Waals surface area contributed by atoms with Crippen LogP contribution >= 0.6 is 0 Å². The van der Waals surface area contributed by atoms with Gasteiger partial charge >= 0.3 is 0 Å². The minimum absolute atomic E-state index is 0.638. The van der Waals surface area contributed by atoms with Crippen LogP contribution < -0.4 is 5.32 Å². The number of hydrogen-bond acceptors (Lipinski definition) is 2. The van der Waals surface area contributed by atoms with Crippen molar-refractivity contribution in [2.75, 3.05) is 19.8 Å². The third-order valence-electron chi connectivity index (χ3n) is 3.42. The maximum atomic E-state index is 5.40. The molecule has 2 unspecified atom stereocenters. The van der Waals surface area contributed by atoms with E-state index >= 15 is 0 Å². The van der Waals surface area contributed by atoms with Crippen molar-refractivity contribution in [3.63, 3.8) is 0 Å². The van der Waals surface area contributed by atoms with Gasteiger partial charge in [-0.1, -0.05) is 32.6 Å². The van der Waals surface area contributed by atoms with E-state index in [1.165, 1.54) is 45.1 Å². The van der Waals surface area contributed by atoms with Gasteiger partial charge in [0.2, 0.25) is 0 Å². The Morgan fingerprint density at radius 1 is 1.27 bits per heavy atom. The fraction of sp³-hybridized carbons (Fsp3) is 1.00. The normalized spacial score (nSPS) is 23.2. The summed E-state index contributed by atoms with van der Waals surface area (Å²) in [6, 6.07) is 0.638. The molecular weight excluding hydrogens is 186 g/mol. The van der Waals surface area contributed by atoms with Crippen molar-refractivity contribution >= 4 is 0 Å². The molecule has 2 atom stereocenters. The van der Waals surface area contributed by atoms with Gasteiger partial charge in [0.15, 0.2) is 0 Å². The van der Waals surface area contributed by atoms with Crippen LogP contribution in [0.25, 0.3) is 0 Å². The van der Waals surface area contributed by atoms with E-state index < -0.39 is 0 Å². The second-order valence-electron chi connectivity index (χ2n) is 4.78. The van der Waals surface area contributed by atoms with E-state index in [0.717, 1.165) is 19.1 Å². The zero-order valence-corrected chi connectivity index (χ0v) is 10.4. The number of hydrogen-bond donors (Lipinski definition) is 1. The summed E-state index contributed by atoms with van der Waals surface area (Å²) in [7, 11) is 0. The molecule has 1 aliphatic rings. The number of unbranched alkanes of at least 4 members (excludes halogenated alkanes) is 4. The first kappa shape index (κ1) is 13.0. The Balaban J connectivity index is 1.90. The topological polar surface area (TPSA) is 21.3 Å². The van der Waals surface area contributed by atoms with Crippen LogP contribution in [0.2, 0.25) is 0 Å². The zero-order chi connectivity index (χ0) is 10.9. The standard InChI is InChI=1S/C13H27NO/c1-3-4-5-6-7-9-14-12(2)13-8-10-15-11-13/h12-14H,3-11H2,1-2H3. The molecule has 0 radical (unpaired) electrons. The van der Waals surface area contributed by atoms with Gasteiger partial charge in [0.1, 0.15) is 0 Å². The van der Waals surface area contributed by atoms with Crippen molar-refractivity contribution in [1.82, 2.24) is 5.32 Å². The van der Waals surface area contributed by atoms with Gasteiger partial charge in [0, 0.05) is 12.6 Å². The first-order valence-electron chi connectivity index (χ1n) is 6.65. The molecule has 0 aliphatic carbocycles. The Hall–Kier alpha value is -0.0800. The summed E-state index contributed by atoms with van der Waals surface area (Å²) in [4.78, 5) is 0. The highest BCUT2D eigenvalue weighted by Gasteiger charge is 2.21. The minimum Gasteiger partial charge on any atom is -0.381 e. The summed E-state index contributed by atoms with van der Waals surface area (Å²) >= 11 is 0. The van der Waals surface area contributed by atoms with Crippen molar-refractivity contribution < 1.29 is 4.74 Å². The molecular formula is C13H27NO. The highest BCUT2D eigenvalue weighted by Crippen LogP contribution is 2.16. The van der Waals surface area contributed by atoms with Crippen LogP contribution in [0.3, 0.4) is 0 Å². The first-order valence-corrected chi connectivity index (χ1v) is 6.65. The van der Waals surface area contributed by atoms with Gasteiger partial charge in [-0.2, -0.15) is 0 Å². The van der Waals surface area contributed by atoms with Crippen LogP contribution in [-0.4, -0.2) is 25.8 Å². The summed E-state index contributed by atoms with van der Waals surface area (Å²) in [6.45, 7) is 7.67. The smallest absolute Gasteiger partial charge is 0.0509 e. The molecule has 0 bridgehead atoms. The second kappa shape index (κ2) is 8.12. The van der Waals surface area contributed by atoms with Gasteiger partial charge < -0.3 is 10.1 Å². The largest absolute Gasteiger partial charge is 0.381 e. The Kier molecular flexibility index (Phi) is 7.03. The quantitative estimate of drug-likeness (QED) is 0.626. The Labute approximate surface area is 94.8 Å². The van der Waals surface area contributed by atoms with E-state index in [2.05, 4.69) is 19.2 Å². The van der Waals surface area contributed by atoms with E-state index in [-0.39, 0.29) is 0 Å². The molecule has 2 heteroatoms. The summed E-state index contributed by atoms with van der Waals surface area (Å²) in [6.07, 6.45) is 8.09. The average Bonchev–Trinajstić information content (AvgIpc) is 2.76. The second-order valence-corrected chi connectivity index (χ2v) is 4.78. The fourth-order valence-corrected chi connectivity index (χ4v) is 2.17. The zero-order valence-electron chi connectivity index (χ0n) is 10.4. The molecule has 0 aromatic carbocycles.